The van der Waals surface area contributed by atoms with Crippen LogP contribution in [0.4, 0.5) is 5.69 Å². The average molecular weight is 415 g/mol. The van der Waals surface area contributed by atoms with Crippen LogP contribution in [-0.4, -0.2) is 21.6 Å². The molecule has 0 spiro atoms. The van der Waals surface area contributed by atoms with E-state index in [0.29, 0.717) is 0 Å². The lowest BCUT2D eigenvalue weighted by atomic mass is 9.92. The molecule has 0 saturated heterocycles. The predicted molar refractivity (Wildman–Crippen MR) is 124 cm³/mol. The third-order valence-corrected chi connectivity index (χ3v) is 5.88. The van der Waals surface area contributed by atoms with Gasteiger partial charge in [-0.25, -0.2) is 0 Å². The lowest BCUT2D eigenvalue weighted by molar-refractivity contribution is -0.136. The zero-order valence-corrected chi connectivity index (χ0v) is 19.5. The number of fused-ring (bicyclic) bond motifs is 1. The van der Waals surface area contributed by atoms with Gasteiger partial charge in [0.05, 0.1) is 17.6 Å². The number of carboxylic acid groups (broad SMARTS) is 1. The first-order valence-electron chi connectivity index (χ1n) is 11.2. The minimum absolute atomic E-state index is 0.0470. The van der Waals surface area contributed by atoms with Gasteiger partial charge in [-0.1, -0.05) is 59.8 Å². The zero-order valence-electron chi connectivity index (χ0n) is 19.5. The SMILES string of the molecule is CCCCCCCCn1ccc2c(C)c(CC(=O)O)c(C)c(NC(=O)C(C)(C)C)c21. The maximum absolute atomic E-state index is 12.8. The number of anilines is 1. The summed E-state index contributed by atoms with van der Waals surface area (Å²) in [4.78, 5) is 24.3. The van der Waals surface area contributed by atoms with Crippen molar-refractivity contribution in [2.24, 2.45) is 5.41 Å². The number of amides is 1. The van der Waals surface area contributed by atoms with E-state index in [1.807, 2.05) is 34.6 Å². The van der Waals surface area contributed by atoms with Crippen molar-refractivity contribution in [3.63, 3.8) is 0 Å². The Morgan fingerprint density at radius 1 is 1.03 bits per heavy atom. The van der Waals surface area contributed by atoms with Crippen LogP contribution < -0.4 is 5.32 Å². The molecule has 5 heteroatoms. The molecular weight excluding hydrogens is 376 g/mol. The van der Waals surface area contributed by atoms with Crippen LogP contribution in [0.3, 0.4) is 0 Å². The predicted octanol–water partition coefficient (Wildman–Crippen LogP) is 6.23. The Morgan fingerprint density at radius 3 is 2.27 bits per heavy atom. The van der Waals surface area contributed by atoms with Crippen LogP contribution in [0.15, 0.2) is 12.3 Å². The van der Waals surface area contributed by atoms with Crippen LogP contribution in [0.5, 0.6) is 0 Å². The molecule has 5 nitrogen and oxygen atoms in total. The van der Waals surface area contributed by atoms with E-state index < -0.39 is 11.4 Å². The van der Waals surface area contributed by atoms with Gasteiger partial charge in [0.15, 0.2) is 0 Å². The minimum atomic E-state index is -0.861. The van der Waals surface area contributed by atoms with Crippen molar-refractivity contribution in [2.75, 3.05) is 5.32 Å². The van der Waals surface area contributed by atoms with Gasteiger partial charge < -0.3 is 15.0 Å². The van der Waals surface area contributed by atoms with E-state index >= 15 is 0 Å². The number of benzene rings is 1. The molecule has 0 aliphatic rings. The van der Waals surface area contributed by atoms with Crippen molar-refractivity contribution >= 4 is 28.5 Å². The van der Waals surface area contributed by atoms with Crippen molar-refractivity contribution in [1.82, 2.24) is 4.57 Å². The van der Waals surface area contributed by atoms with Gasteiger partial charge in [-0.05, 0) is 43.0 Å². The smallest absolute Gasteiger partial charge is 0.307 e. The fourth-order valence-electron chi connectivity index (χ4n) is 3.95. The summed E-state index contributed by atoms with van der Waals surface area (Å²) in [7, 11) is 0. The summed E-state index contributed by atoms with van der Waals surface area (Å²) in [6.45, 7) is 12.7. The molecule has 1 aromatic heterocycles. The number of aromatic nitrogens is 1. The van der Waals surface area contributed by atoms with Crippen LogP contribution in [0.2, 0.25) is 0 Å². The summed E-state index contributed by atoms with van der Waals surface area (Å²) in [6, 6.07) is 2.05. The van der Waals surface area contributed by atoms with Crippen molar-refractivity contribution in [3.8, 4) is 0 Å². The van der Waals surface area contributed by atoms with Crippen molar-refractivity contribution in [1.29, 1.82) is 0 Å². The van der Waals surface area contributed by atoms with E-state index in [1.165, 1.54) is 32.1 Å². The molecule has 2 aromatic rings. The first kappa shape index (κ1) is 24.0. The molecule has 30 heavy (non-hydrogen) atoms. The van der Waals surface area contributed by atoms with Crippen molar-refractivity contribution in [2.45, 2.75) is 93.0 Å². The fourth-order valence-corrected chi connectivity index (χ4v) is 3.95. The second-order valence-corrected chi connectivity index (χ2v) is 9.42. The number of carbonyl (C=O) groups is 2. The van der Waals surface area contributed by atoms with Crippen LogP contribution >= 0.6 is 0 Å². The first-order valence-corrected chi connectivity index (χ1v) is 11.2. The van der Waals surface area contributed by atoms with E-state index in [9.17, 15) is 14.7 Å². The summed E-state index contributed by atoms with van der Waals surface area (Å²) >= 11 is 0. The number of hydrogen-bond acceptors (Lipinski definition) is 2. The minimum Gasteiger partial charge on any atom is -0.481 e. The molecular formula is C25H38N2O3. The Kier molecular flexibility index (Phi) is 8.10. The summed E-state index contributed by atoms with van der Waals surface area (Å²) in [5.41, 5.74) is 3.85. The standard InChI is InChI=1S/C25H38N2O3/c1-7-8-9-10-11-12-14-27-15-13-19-17(2)20(16-21(28)29)18(3)22(23(19)27)26-24(30)25(4,5)6/h13,15H,7-12,14,16H2,1-6H3,(H,26,30)(H,28,29). The Labute approximate surface area is 180 Å². The summed E-state index contributed by atoms with van der Waals surface area (Å²) in [5.74, 6) is -0.926. The Balaban J connectivity index is 2.45. The third kappa shape index (κ3) is 5.65. The molecule has 2 rings (SSSR count). The van der Waals surface area contributed by atoms with Gasteiger partial charge in [0.25, 0.3) is 0 Å². The molecule has 1 amide bonds. The number of rotatable bonds is 10. The quantitative estimate of drug-likeness (QED) is 0.453. The van der Waals surface area contributed by atoms with Crippen LogP contribution in [0.25, 0.3) is 10.9 Å². The largest absolute Gasteiger partial charge is 0.481 e. The molecule has 166 valence electrons. The monoisotopic (exact) mass is 414 g/mol. The normalized spacial score (nSPS) is 11.8. The molecule has 1 aromatic carbocycles. The van der Waals surface area contributed by atoms with Gasteiger partial charge in [-0.3, -0.25) is 9.59 Å². The highest BCUT2D eigenvalue weighted by Crippen LogP contribution is 2.36. The fraction of sp³-hybridized carbons (Fsp3) is 0.600. The number of nitrogens with one attached hydrogen (secondary N) is 1. The summed E-state index contributed by atoms with van der Waals surface area (Å²) in [5, 5.41) is 13.6. The van der Waals surface area contributed by atoms with Gasteiger partial charge in [0.1, 0.15) is 0 Å². The van der Waals surface area contributed by atoms with E-state index in [-0.39, 0.29) is 12.3 Å². The topological polar surface area (TPSA) is 71.3 Å². The van der Waals surface area contributed by atoms with Crippen molar-refractivity contribution in [3.05, 3.63) is 29.0 Å². The molecule has 0 bridgehead atoms. The summed E-state index contributed by atoms with van der Waals surface area (Å²) in [6.07, 6.45) is 9.38. The number of carbonyl (C=O) groups excluding carboxylic acids is 1. The Hall–Kier alpha value is -2.30. The van der Waals surface area contributed by atoms with Gasteiger partial charge in [-0.2, -0.15) is 0 Å². The molecule has 1 heterocycles. The highest BCUT2D eigenvalue weighted by atomic mass is 16.4. The van der Waals surface area contributed by atoms with Gasteiger partial charge in [0, 0.05) is 23.5 Å². The number of aliphatic carboxylic acids is 1. The number of aryl methyl sites for hydroxylation is 2. The summed E-state index contributed by atoms with van der Waals surface area (Å²) < 4.78 is 2.22. The molecule has 0 unspecified atom stereocenters. The molecule has 2 N–H and O–H groups in total. The van der Waals surface area contributed by atoms with Crippen LogP contribution in [-0.2, 0) is 22.6 Å². The van der Waals surface area contributed by atoms with Crippen LogP contribution in [0.1, 0.15) is 82.9 Å². The number of unbranched alkanes of at least 4 members (excludes halogenated alkanes) is 5. The molecule has 0 saturated carbocycles. The molecule has 0 radical (unpaired) electrons. The highest BCUT2D eigenvalue weighted by molar-refractivity contribution is 6.05. The maximum Gasteiger partial charge on any atom is 0.307 e. The maximum atomic E-state index is 12.8. The van der Waals surface area contributed by atoms with Gasteiger partial charge in [-0.15, -0.1) is 0 Å². The number of hydrogen-bond donors (Lipinski definition) is 2. The Morgan fingerprint density at radius 2 is 1.67 bits per heavy atom. The van der Waals surface area contributed by atoms with E-state index in [4.69, 9.17) is 0 Å². The van der Waals surface area contributed by atoms with E-state index in [2.05, 4.69) is 29.1 Å². The van der Waals surface area contributed by atoms with Gasteiger partial charge in [0.2, 0.25) is 5.91 Å². The number of carboxylic acids is 1. The number of nitrogens with zero attached hydrogens (tertiary/aromatic N) is 1. The zero-order chi connectivity index (χ0) is 22.5. The first-order chi connectivity index (χ1) is 14.1. The highest BCUT2D eigenvalue weighted by Gasteiger charge is 2.25. The van der Waals surface area contributed by atoms with Crippen LogP contribution in [0, 0.1) is 19.3 Å². The molecule has 0 atom stereocenters. The lowest BCUT2D eigenvalue weighted by Crippen LogP contribution is -2.28. The van der Waals surface area contributed by atoms with E-state index in [0.717, 1.165) is 46.2 Å². The van der Waals surface area contributed by atoms with Crippen molar-refractivity contribution < 1.29 is 14.7 Å². The second-order valence-electron chi connectivity index (χ2n) is 9.42. The molecule has 0 fully saturated rings. The molecule has 0 aliphatic carbocycles. The lowest BCUT2D eigenvalue weighted by Gasteiger charge is -2.23. The third-order valence-electron chi connectivity index (χ3n) is 5.88. The Bertz CT molecular complexity index is 903. The average Bonchev–Trinajstić information content (AvgIpc) is 3.08. The van der Waals surface area contributed by atoms with E-state index in [1.54, 1.807) is 0 Å². The van der Waals surface area contributed by atoms with Gasteiger partial charge >= 0.3 is 5.97 Å². The molecule has 0 aliphatic heterocycles. The second kappa shape index (κ2) is 10.1.